The highest BCUT2D eigenvalue weighted by molar-refractivity contribution is 9.10. The van der Waals surface area contributed by atoms with Gasteiger partial charge in [0.05, 0.1) is 29.2 Å². The number of piperazine rings is 1. The minimum Gasteiger partial charge on any atom is -0.462 e. The monoisotopic (exact) mass is 702 g/mol. The van der Waals surface area contributed by atoms with Gasteiger partial charge in [-0.25, -0.2) is 14.8 Å². The molecule has 3 aromatic carbocycles. The number of para-hydroxylation sites is 2. The first-order chi connectivity index (χ1) is 20.9. The van der Waals surface area contributed by atoms with Gasteiger partial charge in [-0.3, -0.25) is 9.36 Å². The Kier molecular flexibility index (Phi) is 8.44. The molecule has 1 amide bonds. The fourth-order valence-corrected chi connectivity index (χ4v) is 6.11. The Hall–Kier alpha value is -4.22. The van der Waals surface area contributed by atoms with Gasteiger partial charge in [-0.1, -0.05) is 50.1 Å². The van der Waals surface area contributed by atoms with Crippen LogP contribution < -0.4 is 15.1 Å². The third-order valence-corrected chi connectivity index (χ3v) is 8.29. The number of fused-ring (bicyclic) bond motifs is 1. The van der Waals surface area contributed by atoms with Crippen LogP contribution in [0.4, 0.5) is 17.1 Å². The molecule has 1 fully saturated rings. The lowest BCUT2D eigenvalue weighted by Gasteiger charge is -2.39. The Morgan fingerprint density at radius 1 is 0.930 bits per heavy atom. The van der Waals surface area contributed by atoms with Crippen molar-refractivity contribution in [3.8, 4) is 5.82 Å². The molecule has 1 N–H and O–H groups in total. The summed E-state index contributed by atoms with van der Waals surface area (Å²) in [5.74, 6) is -0.130. The Morgan fingerprint density at radius 2 is 1.70 bits per heavy atom. The van der Waals surface area contributed by atoms with E-state index >= 15 is 0 Å². The number of rotatable bonds is 7. The first-order valence-corrected chi connectivity index (χ1v) is 15.5. The summed E-state index contributed by atoms with van der Waals surface area (Å²) in [4.78, 5) is 40.1. The number of ether oxygens (including phenoxy) is 1. The molecular formula is C32H28Br2N6O3. The number of nitrogens with one attached hydrogen (secondary N) is 1. The summed E-state index contributed by atoms with van der Waals surface area (Å²) in [6.07, 6.45) is 5.07. The van der Waals surface area contributed by atoms with Crippen LogP contribution in [0.3, 0.4) is 0 Å². The Balaban J connectivity index is 1.34. The van der Waals surface area contributed by atoms with Gasteiger partial charge in [-0.2, -0.15) is 0 Å². The number of halogens is 2. The van der Waals surface area contributed by atoms with Crippen molar-refractivity contribution in [1.29, 1.82) is 0 Å². The number of aromatic nitrogens is 3. The highest BCUT2D eigenvalue weighted by Gasteiger charge is 2.30. The van der Waals surface area contributed by atoms with Crippen LogP contribution in [0.2, 0.25) is 0 Å². The van der Waals surface area contributed by atoms with Crippen LogP contribution in [0.5, 0.6) is 0 Å². The maximum Gasteiger partial charge on any atom is 0.344 e. The summed E-state index contributed by atoms with van der Waals surface area (Å²) in [5.41, 5.74) is 4.21. The highest BCUT2D eigenvalue weighted by Crippen LogP contribution is 2.37. The van der Waals surface area contributed by atoms with E-state index in [4.69, 9.17) is 9.72 Å². The van der Waals surface area contributed by atoms with E-state index in [1.54, 1.807) is 42.3 Å². The number of anilines is 3. The van der Waals surface area contributed by atoms with Gasteiger partial charge < -0.3 is 19.9 Å². The molecule has 11 heteroatoms. The summed E-state index contributed by atoms with van der Waals surface area (Å²) in [5, 5.41) is 3.95. The Morgan fingerprint density at radius 3 is 2.44 bits per heavy atom. The minimum absolute atomic E-state index is 0.174. The van der Waals surface area contributed by atoms with Crippen LogP contribution in [-0.2, 0) is 4.74 Å². The van der Waals surface area contributed by atoms with Gasteiger partial charge in [0.1, 0.15) is 11.9 Å². The van der Waals surface area contributed by atoms with Crippen LogP contribution in [-0.4, -0.2) is 59.2 Å². The molecule has 1 saturated heterocycles. The van der Waals surface area contributed by atoms with Crippen molar-refractivity contribution in [3.63, 3.8) is 0 Å². The SMILES string of the molecule is CCOC(=O)c1c(-n2ccnc2)nc2ccc(Br)cc2c1N1CCN(c2ccccc2NC(=O)c2cccc(Br)c2)CC1. The van der Waals surface area contributed by atoms with Crippen molar-refractivity contribution in [2.24, 2.45) is 0 Å². The number of hydrogen-bond acceptors (Lipinski definition) is 7. The molecule has 5 aromatic rings. The third-order valence-electron chi connectivity index (χ3n) is 7.30. The lowest BCUT2D eigenvalue weighted by Crippen LogP contribution is -2.47. The molecule has 6 rings (SSSR count). The maximum atomic E-state index is 13.5. The number of carbonyl (C=O) groups is 2. The molecule has 2 aromatic heterocycles. The normalized spacial score (nSPS) is 13.3. The first-order valence-electron chi connectivity index (χ1n) is 13.9. The molecule has 1 aliphatic heterocycles. The van der Waals surface area contributed by atoms with E-state index in [0.29, 0.717) is 43.1 Å². The predicted molar refractivity (Wildman–Crippen MR) is 175 cm³/mol. The van der Waals surface area contributed by atoms with Crippen molar-refractivity contribution in [1.82, 2.24) is 14.5 Å². The van der Waals surface area contributed by atoms with E-state index in [2.05, 4.69) is 52.0 Å². The van der Waals surface area contributed by atoms with Crippen molar-refractivity contribution in [3.05, 3.63) is 106 Å². The van der Waals surface area contributed by atoms with Crippen LogP contribution in [0.1, 0.15) is 27.6 Å². The molecule has 0 atom stereocenters. The molecule has 0 aliphatic carbocycles. The lowest BCUT2D eigenvalue weighted by atomic mass is 10.1. The molecule has 0 bridgehead atoms. The van der Waals surface area contributed by atoms with Crippen molar-refractivity contribution in [2.45, 2.75) is 6.92 Å². The predicted octanol–water partition coefficient (Wildman–Crippen LogP) is 6.70. The summed E-state index contributed by atoms with van der Waals surface area (Å²) >= 11 is 7.05. The average molecular weight is 704 g/mol. The van der Waals surface area contributed by atoms with Gasteiger partial charge in [-0.05, 0) is 55.5 Å². The summed E-state index contributed by atoms with van der Waals surface area (Å²) < 4.78 is 9.04. The van der Waals surface area contributed by atoms with Crippen molar-refractivity contribution in [2.75, 3.05) is 47.9 Å². The van der Waals surface area contributed by atoms with Gasteiger partial charge in [-0.15, -0.1) is 0 Å². The quantitative estimate of drug-likeness (QED) is 0.189. The van der Waals surface area contributed by atoms with Gasteiger partial charge in [0.2, 0.25) is 0 Å². The van der Waals surface area contributed by atoms with Crippen molar-refractivity contribution < 1.29 is 14.3 Å². The zero-order chi connectivity index (χ0) is 29.9. The lowest BCUT2D eigenvalue weighted by molar-refractivity contribution is 0.0526. The molecule has 0 saturated carbocycles. The fourth-order valence-electron chi connectivity index (χ4n) is 5.35. The summed E-state index contributed by atoms with van der Waals surface area (Å²) in [6, 6.07) is 21.0. The number of amides is 1. The van der Waals surface area contributed by atoms with E-state index < -0.39 is 5.97 Å². The van der Waals surface area contributed by atoms with Gasteiger partial charge >= 0.3 is 5.97 Å². The molecular weight excluding hydrogens is 676 g/mol. The van der Waals surface area contributed by atoms with E-state index in [-0.39, 0.29) is 12.5 Å². The Bertz CT molecular complexity index is 1800. The van der Waals surface area contributed by atoms with E-state index in [9.17, 15) is 9.59 Å². The molecule has 9 nitrogen and oxygen atoms in total. The van der Waals surface area contributed by atoms with Crippen molar-refractivity contribution >= 4 is 71.7 Å². The molecule has 43 heavy (non-hydrogen) atoms. The number of imidazole rings is 1. The van der Waals surface area contributed by atoms with E-state index in [1.807, 2.05) is 54.6 Å². The van der Waals surface area contributed by atoms with Crippen LogP contribution in [0.25, 0.3) is 16.7 Å². The number of esters is 1. The highest BCUT2D eigenvalue weighted by atomic mass is 79.9. The van der Waals surface area contributed by atoms with E-state index in [1.165, 1.54) is 0 Å². The number of benzene rings is 3. The second-order valence-corrected chi connectivity index (χ2v) is 11.8. The third kappa shape index (κ3) is 6.00. The zero-order valence-corrected chi connectivity index (χ0v) is 26.5. The largest absolute Gasteiger partial charge is 0.462 e. The number of nitrogens with zero attached hydrogens (tertiary/aromatic N) is 5. The number of pyridine rings is 1. The Labute approximate surface area is 265 Å². The zero-order valence-electron chi connectivity index (χ0n) is 23.3. The molecule has 0 radical (unpaired) electrons. The second kappa shape index (κ2) is 12.6. The second-order valence-electron chi connectivity index (χ2n) is 9.97. The molecule has 218 valence electrons. The van der Waals surface area contributed by atoms with Gasteiger partial charge in [0.25, 0.3) is 5.91 Å². The molecule has 3 heterocycles. The number of hydrogen-bond donors (Lipinski definition) is 1. The molecule has 1 aliphatic rings. The smallest absolute Gasteiger partial charge is 0.344 e. The van der Waals surface area contributed by atoms with Crippen LogP contribution in [0.15, 0.2) is 94.4 Å². The van der Waals surface area contributed by atoms with E-state index in [0.717, 1.165) is 36.9 Å². The standard InChI is InChI=1S/C32H28Br2N6O3/c1-2-43-32(42)28-29(24-19-23(34)10-11-25(24)36-30(28)40-13-12-35-20-40)39-16-14-38(15-17-39)27-9-4-3-8-26(27)37-31(41)21-6-5-7-22(33)18-21/h3-13,18-20H,2,14-17H2,1H3,(H,37,41). The molecule has 0 unspecified atom stereocenters. The number of carbonyl (C=O) groups excluding carboxylic acids is 2. The molecule has 0 spiro atoms. The van der Waals surface area contributed by atoms with Gasteiger partial charge in [0, 0.05) is 58.5 Å². The first kappa shape index (κ1) is 28.9. The average Bonchev–Trinajstić information content (AvgIpc) is 3.56. The maximum absolute atomic E-state index is 13.5. The minimum atomic E-state index is -0.432. The van der Waals surface area contributed by atoms with Crippen LogP contribution >= 0.6 is 31.9 Å². The topological polar surface area (TPSA) is 92.6 Å². The summed E-state index contributed by atoms with van der Waals surface area (Å²) in [7, 11) is 0. The summed E-state index contributed by atoms with van der Waals surface area (Å²) in [6.45, 7) is 4.65. The fraction of sp³-hybridized carbons (Fsp3) is 0.188. The van der Waals surface area contributed by atoms with Gasteiger partial charge in [0.15, 0.2) is 5.82 Å². The van der Waals surface area contributed by atoms with Crippen LogP contribution in [0, 0.1) is 0 Å².